The molecule has 0 saturated carbocycles. The minimum Gasteiger partial charge on any atom is -0.463 e. The Labute approximate surface area is 204 Å². The summed E-state index contributed by atoms with van der Waals surface area (Å²) in [6.07, 6.45) is 1.57. The second-order valence-electron chi connectivity index (χ2n) is 9.35. The maximum atomic E-state index is 14.0. The van der Waals surface area contributed by atoms with Crippen LogP contribution in [0.3, 0.4) is 0 Å². The number of rotatable bonds is 5. The molecule has 1 atom stereocenters. The van der Waals surface area contributed by atoms with Gasteiger partial charge >= 0.3 is 0 Å². The molecule has 2 aromatic heterocycles. The van der Waals surface area contributed by atoms with E-state index in [9.17, 15) is 9.59 Å². The Morgan fingerprint density at radius 1 is 1.09 bits per heavy atom. The van der Waals surface area contributed by atoms with E-state index in [0.29, 0.717) is 23.7 Å². The van der Waals surface area contributed by atoms with E-state index in [4.69, 9.17) is 4.42 Å². The van der Waals surface area contributed by atoms with Crippen LogP contribution in [-0.4, -0.2) is 27.1 Å². The van der Waals surface area contributed by atoms with E-state index in [1.54, 1.807) is 41.0 Å². The van der Waals surface area contributed by atoms with Crippen LogP contribution in [0.5, 0.6) is 0 Å². The van der Waals surface area contributed by atoms with Crippen molar-refractivity contribution in [2.45, 2.75) is 46.3 Å². The van der Waals surface area contributed by atoms with Crippen molar-refractivity contribution in [1.29, 1.82) is 0 Å². The lowest BCUT2D eigenvalue weighted by Crippen LogP contribution is -2.64. The Morgan fingerprint density at radius 3 is 2.63 bits per heavy atom. The first kappa shape index (κ1) is 22.7. The third-order valence-corrected chi connectivity index (χ3v) is 6.77. The van der Waals surface area contributed by atoms with Crippen LogP contribution in [0.15, 0.2) is 71.3 Å². The van der Waals surface area contributed by atoms with Crippen LogP contribution < -0.4 is 10.2 Å². The summed E-state index contributed by atoms with van der Waals surface area (Å²) in [6.45, 7) is 8.38. The molecule has 178 valence electrons. The van der Waals surface area contributed by atoms with Gasteiger partial charge in [-0.3, -0.25) is 19.2 Å². The minimum absolute atomic E-state index is 0.210. The summed E-state index contributed by atoms with van der Waals surface area (Å²) in [6, 6.07) is 19.1. The van der Waals surface area contributed by atoms with Gasteiger partial charge in [-0.05, 0) is 62.6 Å². The number of aryl methyl sites for hydroxylation is 2. The van der Waals surface area contributed by atoms with E-state index in [2.05, 4.69) is 10.4 Å². The summed E-state index contributed by atoms with van der Waals surface area (Å²) in [4.78, 5) is 29.4. The van der Waals surface area contributed by atoms with E-state index < -0.39 is 5.54 Å². The van der Waals surface area contributed by atoms with Crippen molar-refractivity contribution in [1.82, 2.24) is 15.1 Å². The summed E-state index contributed by atoms with van der Waals surface area (Å²) in [5.41, 5.74) is 4.63. The van der Waals surface area contributed by atoms with Crippen molar-refractivity contribution in [2.24, 2.45) is 0 Å². The van der Waals surface area contributed by atoms with Gasteiger partial charge in [0.2, 0.25) is 5.91 Å². The fourth-order valence-electron chi connectivity index (χ4n) is 4.68. The van der Waals surface area contributed by atoms with Gasteiger partial charge in [-0.2, -0.15) is 5.10 Å². The summed E-state index contributed by atoms with van der Waals surface area (Å²) < 4.78 is 7.11. The van der Waals surface area contributed by atoms with Crippen LogP contribution in [0.2, 0.25) is 0 Å². The van der Waals surface area contributed by atoms with E-state index in [0.717, 1.165) is 27.9 Å². The number of benzene rings is 2. The first-order valence-electron chi connectivity index (χ1n) is 11.6. The van der Waals surface area contributed by atoms with Gasteiger partial charge in [-0.1, -0.05) is 42.0 Å². The molecule has 0 aliphatic carbocycles. The number of hydrogen-bond donors (Lipinski definition) is 1. The minimum atomic E-state index is -1.20. The lowest BCUT2D eigenvalue weighted by molar-refractivity contribution is -0.126. The largest absolute Gasteiger partial charge is 0.463 e. The van der Waals surface area contributed by atoms with Gasteiger partial charge in [-0.15, -0.1) is 0 Å². The lowest BCUT2D eigenvalue weighted by atomic mass is 9.92. The Kier molecular flexibility index (Phi) is 5.55. The third-order valence-electron chi connectivity index (χ3n) is 6.77. The van der Waals surface area contributed by atoms with Gasteiger partial charge in [0.1, 0.15) is 16.9 Å². The van der Waals surface area contributed by atoms with Gasteiger partial charge in [0, 0.05) is 18.3 Å². The Morgan fingerprint density at radius 2 is 1.89 bits per heavy atom. The highest BCUT2D eigenvalue weighted by atomic mass is 16.3. The Bertz CT molecular complexity index is 1420. The number of nitrogens with one attached hydrogen (secondary N) is 1. The molecule has 1 unspecified atom stereocenters. The Balaban J connectivity index is 1.57. The van der Waals surface area contributed by atoms with Crippen LogP contribution in [0.4, 0.5) is 5.69 Å². The summed E-state index contributed by atoms with van der Waals surface area (Å²) in [7, 11) is 0. The van der Waals surface area contributed by atoms with Crippen LogP contribution in [0.25, 0.3) is 11.5 Å². The molecule has 0 saturated heterocycles. The predicted octanol–water partition coefficient (Wildman–Crippen LogP) is 4.80. The fraction of sp³-hybridized carbons (Fsp3) is 0.250. The van der Waals surface area contributed by atoms with Crippen molar-refractivity contribution in [3.8, 4) is 11.5 Å². The molecule has 2 aromatic carbocycles. The van der Waals surface area contributed by atoms with Crippen LogP contribution in [-0.2, 0) is 17.9 Å². The predicted molar refractivity (Wildman–Crippen MR) is 134 cm³/mol. The zero-order valence-electron chi connectivity index (χ0n) is 20.3. The maximum absolute atomic E-state index is 14.0. The molecule has 1 N–H and O–H groups in total. The smallest absolute Gasteiger partial charge is 0.277 e. The van der Waals surface area contributed by atoms with E-state index in [1.165, 1.54) is 0 Å². The Hall–Kier alpha value is -4.13. The molecule has 0 fully saturated rings. The number of nitrogens with zero attached hydrogens (tertiary/aromatic N) is 3. The molecule has 0 bridgehead atoms. The zero-order chi connectivity index (χ0) is 24.7. The highest BCUT2D eigenvalue weighted by Crippen LogP contribution is 2.36. The number of carbonyl (C=O) groups is 2. The van der Waals surface area contributed by atoms with Crippen molar-refractivity contribution >= 4 is 17.5 Å². The van der Waals surface area contributed by atoms with Gasteiger partial charge in [0.15, 0.2) is 5.76 Å². The summed E-state index contributed by atoms with van der Waals surface area (Å²) >= 11 is 0. The van der Waals surface area contributed by atoms with Crippen LogP contribution in [0.1, 0.15) is 39.7 Å². The number of carbonyl (C=O) groups excluding carboxylic acids is 2. The first-order chi connectivity index (χ1) is 16.8. The summed E-state index contributed by atoms with van der Waals surface area (Å²) in [5, 5.41) is 7.68. The molecule has 1 aliphatic rings. The fourth-order valence-corrected chi connectivity index (χ4v) is 4.68. The number of amides is 2. The van der Waals surface area contributed by atoms with Gasteiger partial charge in [0.25, 0.3) is 5.91 Å². The molecule has 2 amide bonds. The average molecular weight is 469 g/mol. The van der Waals surface area contributed by atoms with Crippen molar-refractivity contribution in [3.63, 3.8) is 0 Å². The average Bonchev–Trinajstić information content (AvgIpc) is 3.50. The molecule has 5 rings (SSSR count). The molecular weight excluding hydrogens is 440 g/mol. The van der Waals surface area contributed by atoms with Crippen molar-refractivity contribution < 1.29 is 14.0 Å². The number of fused-ring (bicyclic) bond motifs is 1. The first-order valence-corrected chi connectivity index (χ1v) is 11.6. The summed E-state index contributed by atoms with van der Waals surface area (Å²) in [5.74, 6) is 0.0565. The van der Waals surface area contributed by atoms with Crippen LogP contribution in [0, 0.1) is 20.8 Å². The van der Waals surface area contributed by atoms with Crippen molar-refractivity contribution in [2.75, 3.05) is 4.90 Å². The maximum Gasteiger partial charge on any atom is 0.277 e. The molecule has 3 heterocycles. The molecule has 0 radical (unpaired) electrons. The SMILES string of the molecule is Cc1cccc(CNC(=O)C2(C)Cn3nc(-c4ccco4)cc3C(=O)N2c2cccc(C)c2C)c1. The quantitative estimate of drug-likeness (QED) is 0.456. The number of anilines is 1. The zero-order valence-corrected chi connectivity index (χ0v) is 20.3. The number of hydrogen-bond acceptors (Lipinski definition) is 4. The topological polar surface area (TPSA) is 80.4 Å². The number of furan rings is 1. The van der Waals surface area contributed by atoms with Crippen LogP contribution >= 0.6 is 0 Å². The molecule has 35 heavy (non-hydrogen) atoms. The molecule has 4 aromatic rings. The highest BCUT2D eigenvalue weighted by molar-refractivity contribution is 6.12. The number of aromatic nitrogens is 2. The monoisotopic (exact) mass is 468 g/mol. The van der Waals surface area contributed by atoms with Gasteiger partial charge < -0.3 is 9.73 Å². The molecule has 0 spiro atoms. The van der Waals surface area contributed by atoms with E-state index in [-0.39, 0.29) is 18.4 Å². The second kappa shape index (κ2) is 8.58. The van der Waals surface area contributed by atoms with Gasteiger partial charge in [-0.25, -0.2) is 0 Å². The molecule has 7 nitrogen and oxygen atoms in total. The van der Waals surface area contributed by atoms with Gasteiger partial charge in [0.05, 0.1) is 12.8 Å². The third kappa shape index (κ3) is 3.93. The van der Waals surface area contributed by atoms with Crippen molar-refractivity contribution in [3.05, 3.63) is 94.9 Å². The molecule has 1 aliphatic heterocycles. The molecular formula is C28H28N4O3. The van der Waals surface area contributed by atoms with E-state index in [1.807, 2.05) is 63.2 Å². The van der Waals surface area contributed by atoms with E-state index >= 15 is 0 Å². The normalized spacial score (nSPS) is 17.4. The standard InChI is InChI=1S/C28H28N4O3/c1-18-8-5-10-21(14-18)16-29-27(34)28(4)17-31-24(15-22(30-31)25-12-7-13-35-25)26(33)32(28)23-11-6-9-19(2)20(23)3/h5-15H,16-17H2,1-4H3,(H,29,34). The second-order valence-corrected chi connectivity index (χ2v) is 9.35. The lowest BCUT2D eigenvalue weighted by Gasteiger charge is -2.43. The highest BCUT2D eigenvalue weighted by Gasteiger charge is 2.49. The molecule has 7 heteroatoms.